The SMILES string of the molecule is C#CCCOc1c(CNCC(C)C)cccc1OC. The van der Waals surface area contributed by atoms with Crippen molar-refractivity contribution in [1.29, 1.82) is 0 Å². The summed E-state index contributed by atoms with van der Waals surface area (Å²) in [6.07, 6.45) is 5.84. The number of benzene rings is 1. The Hall–Kier alpha value is -1.66. The van der Waals surface area contributed by atoms with Crippen molar-refractivity contribution in [3.8, 4) is 23.8 Å². The Morgan fingerprint density at radius 2 is 2.16 bits per heavy atom. The normalized spacial score (nSPS) is 10.3. The molecule has 0 heterocycles. The van der Waals surface area contributed by atoms with E-state index in [0.29, 0.717) is 18.9 Å². The van der Waals surface area contributed by atoms with Crippen molar-refractivity contribution in [3.63, 3.8) is 0 Å². The van der Waals surface area contributed by atoms with Crippen LogP contribution in [0.4, 0.5) is 0 Å². The highest BCUT2D eigenvalue weighted by atomic mass is 16.5. The molecule has 1 aromatic carbocycles. The summed E-state index contributed by atoms with van der Waals surface area (Å²) in [5.41, 5.74) is 1.09. The van der Waals surface area contributed by atoms with Crippen LogP contribution in [0.1, 0.15) is 25.8 Å². The van der Waals surface area contributed by atoms with Crippen LogP contribution in [0.15, 0.2) is 18.2 Å². The fourth-order valence-electron chi connectivity index (χ4n) is 1.73. The van der Waals surface area contributed by atoms with Crippen molar-refractivity contribution in [2.45, 2.75) is 26.8 Å². The van der Waals surface area contributed by atoms with Gasteiger partial charge in [-0.3, -0.25) is 0 Å². The number of ether oxygens (including phenoxy) is 2. The molecule has 0 radical (unpaired) electrons. The summed E-state index contributed by atoms with van der Waals surface area (Å²) in [5, 5.41) is 3.41. The Morgan fingerprint density at radius 1 is 1.37 bits per heavy atom. The van der Waals surface area contributed by atoms with Gasteiger partial charge < -0.3 is 14.8 Å². The van der Waals surface area contributed by atoms with Gasteiger partial charge in [-0.1, -0.05) is 26.0 Å². The van der Waals surface area contributed by atoms with Gasteiger partial charge in [0.2, 0.25) is 0 Å². The average molecular weight is 261 g/mol. The van der Waals surface area contributed by atoms with Gasteiger partial charge in [-0.15, -0.1) is 12.3 Å². The van der Waals surface area contributed by atoms with Gasteiger partial charge in [0, 0.05) is 18.5 Å². The molecule has 0 fully saturated rings. The first-order valence-electron chi connectivity index (χ1n) is 6.62. The monoisotopic (exact) mass is 261 g/mol. The van der Waals surface area contributed by atoms with Crippen LogP contribution in [-0.4, -0.2) is 20.3 Å². The summed E-state index contributed by atoms with van der Waals surface area (Å²) in [6, 6.07) is 5.91. The maximum absolute atomic E-state index is 5.75. The van der Waals surface area contributed by atoms with Gasteiger partial charge in [-0.05, 0) is 18.5 Å². The lowest BCUT2D eigenvalue weighted by Gasteiger charge is -2.15. The molecule has 1 aromatic rings. The van der Waals surface area contributed by atoms with Gasteiger partial charge in [0.25, 0.3) is 0 Å². The third-order valence-corrected chi connectivity index (χ3v) is 2.64. The third-order valence-electron chi connectivity index (χ3n) is 2.64. The second-order valence-corrected chi connectivity index (χ2v) is 4.78. The topological polar surface area (TPSA) is 30.5 Å². The molecule has 1 rings (SSSR count). The van der Waals surface area contributed by atoms with Crippen LogP contribution >= 0.6 is 0 Å². The van der Waals surface area contributed by atoms with Crippen LogP contribution in [0.25, 0.3) is 0 Å². The highest BCUT2D eigenvalue weighted by molar-refractivity contribution is 5.46. The average Bonchev–Trinajstić information content (AvgIpc) is 2.39. The second-order valence-electron chi connectivity index (χ2n) is 4.78. The highest BCUT2D eigenvalue weighted by Gasteiger charge is 2.10. The number of rotatable bonds is 8. The minimum Gasteiger partial charge on any atom is -0.493 e. The predicted octanol–water partition coefficient (Wildman–Crippen LogP) is 2.84. The lowest BCUT2D eigenvalue weighted by molar-refractivity contribution is 0.297. The molecule has 0 aliphatic heterocycles. The molecule has 0 unspecified atom stereocenters. The summed E-state index contributed by atoms with van der Waals surface area (Å²) in [5.74, 6) is 4.73. The molecule has 0 bridgehead atoms. The van der Waals surface area contributed by atoms with Crippen LogP contribution in [0.5, 0.6) is 11.5 Å². The van der Waals surface area contributed by atoms with Gasteiger partial charge in [0.15, 0.2) is 11.5 Å². The summed E-state index contributed by atoms with van der Waals surface area (Å²) in [7, 11) is 1.65. The Kier molecular flexibility index (Phi) is 6.84. The van der Waals surface area contributed by atoms with Crippen molar-refractivity contribution in [1.82, 2.24) is 5.32 Å². The van der Waals surface area contributed by atoms with Crippen molar-refractivity contribution < 1.29 is 9.47 Å². The van der Waals surface area contributed by atoms with Crippen molar-refractivity contribution in [2.75, 3.05) is 20.3 Å². The van der Waals surface area contributed by atoms with E-state index in [1.807, 2.05) is 18.2 Å². The fourth-order valence-corrected chi connectivity index (χ4v) is 1.73. The standard InChI is InChI=1S/C16H23NO2/c1-5-6-10-19-16-14(12-17-11-13(2)3)8-7-9-15(16)18-4/h1,7-9,13,17H,6,10-12H2,2-4H3. The Morgan fingerprint density at radius 3 is 2.79 bits per heavy atom. The third kappa shape index (κ3) is 5.23. The zero-order chi connectivity index (χ0) is 14.1. The molecule has 3 heteroatoms. The molecule has 0 aliphatic rings. The van der Waals surface area contributed by atoms with E-state index in [1.54, 1.807) is 7.11 Å². The number of hydrogen-bond acceptors (Lipinski definition) is 3. The van der Waals surface area contributed by atoms with E-state index in [2.05, 4.69) is 25.1 Å². The molecule has 1 N–H and O–H groups in total. The Balaban J connectivity index is 2.74. The minimum absolute atomic E-state index is 0.508. The molecular formula is C16H23NO2. The van der Waals surface area contributed by atoms with Crippen LogP contribution in [0.3, 0.4) is 0 Å². The van der Waals surface area contributed by atoms with Crippen molar-refractivity contribution >= 4 is 0 Å². The van der Waals surface area contributed by atoms with E-state index in [0.717, 1.165) is 30.2 Å². The smallest absolute Gasteiger partial charge is 0.165 e. The van der Waals surface area contributed by atoms with Gasteiger partial charge in [0.05, 0.1) is 13.7 Å². The first-order chi connectivity index (χ1) is 9.19. The highest BCUT2D eigenvalue weighted by Crippen LogP contribution is 2.31. The van der Waals surface area contributed by atoms with E-state index in [9.17, 15) is 0 Å². The van der Waals surface area contributed by atoms with E-state index in [-0.39, 0.29) is 0 Å². The van der Waals surface area contributed by atoms with Crippen LogP contribution < -0.4 is 14.8 Å². The van der Waals surface area contributed by atoms with E-state index in [1.165, 1.54) is 0 Å². The largest absolute Gasteiger partial charge is 0.493 e. The van der Waals surface area contributed by atoms with E-state index >= 15 is 0 Å². The van der Waals surface area contributed by atoms with Crippen LogP contribution in [-0.2, 0) is 6.54 Å². The summed E-state index contributed by atoms with van der Waals surface area (Å²) in [4.78, 5) is 0. The molecule has 0 saturated heterocycles. The number of nitrogens with one attached hydrogen (secondary N) is 1. The van der Waals surface area contributed by atoms with E-state index in [4.69, 9.17) is 15.9 Å². The van der Waals surface area contributed by atoms with Crippen LogP contribution in [0, 0.1) is 18.3 Å². The first kappa shape index (κ1) is 15.4. The molecule has 0 spiro atoms. The fraction of sp³-hybridized carbons (Fsp3) is 0.500. The molecule has 3 nitrogen and oxygen atoms in total. The predicted molar refractivity (Wildman–Crippen MR) is 78.5 cm³/mol. The molecule has 0 amide bonds. The quantitative estimate of drug-likeness (QED) is 0.576. The molecule has 0 saturated carbocycles. The van der Waals surface area contributed by atoms with E-state index < -0.39 is 0 Å². The molecular weight excluding hydrogens is 238 g/mol. The number of hydrogen-bond donors (Lipinski definition) is 1. The van der Waals surface area contributed by atoms with Gasteiger partial charge in [-0.25, -0.2) is 0 Å². The Bertz CT molecular complexity index is 421. The van der Waals surface area contributed by atoms with Crippen molar-refractivity contribution in [2.24, 2.45) is 5.92 Å². The molecule has 19 heavy (non-hydrogen) atoms. The first-order valence-corrected chi connectivity index (χ1v) is 6.62. The van der Waals surface area contributed by atoms with Gasteiger partial charge >= 0.3 is 0 Å². The van der Waals surface area contributed by atoms with Crippen molar-refractivity contribution in [3.05, 3.63) is 23.8 Å². The summed E-state index contributed by atoms with van der Waals surface area (Å²) < 4.78 is 11.1. The number of para-hydroxylation sites is 1. The molecule has 0 atom stereocenters. The molecule has 104 valence electrons. The zero-order valence-corrected chi connectivity index (χ0v) is 12.0. The maximum Gasteiger partial charge on any atom is 0.165 e. The number of methoxy groups -OCH3 is 1. The number of terminal acetylenes is 1. The van der Waals surface area contributed by atoms with Crippen LogP contribution in [0.2, 0.25) is 0 Å². The summed E-state index contributed by atoms with van der Waals surface area (Å²) >= 11 is 0. The van der Waals surface area contributed by atoms with Gasteiger partial charge in [0.1, 0.15) is 0 Å². The molecule has 0 aromatic heterocycles. The minimum atomic E-state index is 0.508. The Labute approximate surface area is 116 Å². The maximum atomic E-state index is 5.75. The molecule has 0 aliphatic carbocycles. The summed E-state index contributed by atoms with van der Waals surface area (Å²) in [6.45, 7) is 6.61. The second kappa shape index (κ2) is 8.44. The van der Waals surface area contributed by atoms with Gasteiger partial charge in [-0.2, -0.15) is 0 Å². The zero-order valence-electron chi connectivity index (χ0n) is 12.0. The lowest BCUT2D eigenvalue weighted by Crippen LogP contribution is -2.19. The lowest BCUT2D eigenvalue weighted by atomic mass is 10.1.